The fourth-order valence-corrected chi connectivity index (χ4v) is 3.47. The first kappa shape index (κ1) is 17.0. The first-order chi connectivity index (χ1) is 10.3. The number of likely N-dealkylation sites (tertiary alicyclic amines) is 1. The Morgan fingerprint density at radius 2 is 2.27 bits per heavy atom. The lowest BCUT2D eigenvalue weighted by Crippen LogP contribution is -2.49. The van der Waals surface area contributed by atoms with E-state index in [1.165, 1.54) is 11.3 Å². The molecule has 1 fully saturated rings. The van der Waals surface area contributed by atoms with Gasteiger partial charge in [0.2, 0.25) is 11.8 Å². The fraction of sp³-hybridized carbons (Fsp3) is 0.625. The molecule has 0 aromatic carbocycles. The molecule has 0 radical (unpaired) electrons. The van der Waals surface area contributed by atoms with Crippen molar-refractivity contribution in [1.82, 2.24) is 10.2 Å². The van der Waals surface area contributed by atoms with Crippen LogP contribution in [0.25, 0.3) is 0 Å². The van der Waals surface area contributed by atoms with Gasteiger partial charge in [-0.05, 0) is 31.2 Å². The highest BCUT2D eigenvalue weighted by molar-refractivity contribution is 7.10. The third-order valence-electron chi connectivity index (χ3n) is 3.99. The lowest BCUT2D eigenvalue weighted by Gasteiger charge is -2.28. The fourth-order valence-electron chi connectivity index (χ4n) is 2.68. The Kier molecular flexibility index (Phi) is 5.24. The minimum atomic E-state index is -1.09. The van der Waals surface area contributed by atoms with Gasteiger partial charge in [-0.15, -0.1) is 11.3 Å². The molecule has 1 saturated heterocycles. The van der Waals surface area contributed by atoms with E-state index in [9.17, 15) is 14.7 Å². The smallest absolute Gasteiger partial charge is 0.242 e. The topological polar surface area (TPSA) is 69.6 Å². The molecule has 5 nitrogen and oxygen atoms in total. The molecule has 1 aliphatic rings. The van der Waals surface area contributed by atoms with E-state index in [1.54, 1.807) is 11.8 Å². The Hall–Kier alpha value is -1.40. The molecule has 2 amide bonds. The summed E-state index contributed by atoms with van der Waals surface area (Å²) in [6.07, 6.45) is 1.53. The van der Waals surface area contributed by atoms with Gasteiger partial charge in [-0.1, -0.05) is 19.9 Å². The van der Waals surface area contributed by atoms with E-state index in [2.05, 4.69) is 5.32 Å². The Morgan fingerprint density at radius 3 is 2.86 bits per heavy atom. The molecule has 1 aliphatic heterocycles. The summed E-state index contributed by atoms with van der Waals surface area (Å²) in [5.74, 6) is -0.270. The van der Waals surface area contributed by atoms with E-state index in [0.29, 0.717) is 13.0 Å². The van der Waals surface area contributed by atoms with Crippen LogP contribution in [0.5, 0.6) is 0 Å². The van der Waals surface area contributed by atoms with Crippen molar-refractivity contribution in [2.24, 2.45) is 5.92 Å². The van der Waals surface area contributed by atoms with Crippen molar-refractivity contribution >= 4 is 23.2 Å². The van der Waals surface area contributed by atoms with Crippen LogP contribution >= 0.6 is 11.3 Å². The molecular formula is C16H24N2O3S. The van der Waals surface area contributed by atoms with E-state index in [4.69, 9.17) is 0 Å². The maximum absolute atomic E-state index is 12.4. The highest BCUT2D eigenvalue weighted by atomic mass is 32.1. The summed E-state index contributed by atoms with van der Waals surface area (Å²) in [5, 5.41) is 15.1. The van der Waals surface area contributed by atoms with Crippen LogP contribution in [-0.2, 0) is 15.2 Å². The molecule has 0 aliphatic carbocycles. The molecule has 0 bridgehead atoms. The lowest BCUT2D eigenvalue weighted by atomic mass is 10.0. The second-order valence-corrected chi connectivity index (χ2v) is 7.26. The standard InChI is InChI=1S/C16H24N2O3S/c1-11(2)15(20)18-8-4-6-12(18)14(19)17-10-16(3,21)13-7-5-9-22-13/h5,7,9,11-12,21H,4,6,8,10H2,1-3H3,(H,17,19). The Balaban J connectivity index is 1.96. The summed E-state index contributed by atoms with van der Waals surface area (Å²) in [4.78, 5) is 27.0. The van der Waals surface area contributed by atoms with Crippen LogP contribution in [0, 0.1) is 5.92 Å². The summed E-state index contributed by atoms with van der Waals surface area (Å²) in [5.41, 5.74) is -1.09. The number of rotatable bonds is 5. The lowest BCUT2D eigenvalue weighted by molar-refractivity contribution is -0.141. The van der Waals surface area contributed by atoms with Crippen molar-refractivity contribution in [2.75, 3.05) is 13.1 Å². The zero-order valence-corrected chi connectivity index (χ0v) is 14.2. The minimum Gasteiger partial charge on any atom is -0.383 e. The third-order valence-corrected chi connectivity index (χ3v) is 5.11. The molecule has 2 heterocycles. The predicted molar refractivity (Wildman–Crippen MR) is 86.5 cm³/mol. The van der Waals surface area contributed by atoms with E-state index >= 15 is 0 Å². The number of nitrogens with one attached hydrogen (secondary N) is 1. The molecule has 0 spiro atoms. The van der Waals surface area contributed by atoms with Gasteiger partial charge in [0.25, 0.3) is 0 Å². The van der Waals surface area contributed by atoms with Crippen molar-refractivity contribution < 1.29 is 14.7 Å². The van der Waals surface area contributed by atoms with Crippen molar-refractivity contribution in [3.05, 3.63) is 22.4 Å². The summed E-state index contributed by atoms with van der Waals surface area (Å²) in [6, 6.07) is 3.31. The normalized spacial score (nSPS) is 21.0. The Labute approximate surface area is 135 Å². The molecule has 22 heavy (non-hydrogen) atoms. The molecular weight excluding hydrogens is 300 g/mol. The second kappa shape index (κ2) is 6.79. The van der Waals surface area contributed by atoms with Crippen molar-refractivity contribution in [1.29, 1.82) is 0 Å². The maximum atomic E-state index is 12.4. The highest BCUT2D eigenvalue weighted by Crippen LogP contribution is 2.25. The Morgan fingerprint density at radius 1 is 1.55 bits per heavy atom. The number of hydrogen-bond acceptors (Lipinski definition) is 4. The first-order valence-electron chi connectivity index (χ1n) is 7.67. The zero-order valence-electron chi connectivity index (χ0n) is 13.3. The second-order valence-electron chi connectivity index (χ2n) is 6.31. The summed E-state index contributed by atoms with van der Waals surface area (Å²) < 4.78 is 0. The molecule has 2 rings (SSSR count). The molecule has 2 unspecified atom stereocenters. The summed E-state index contributed by atoms with van der Waals surface area (Å²) in [7, 11) is 0. The number of amides is 2. The summed E-state index contributed by atoms with van der Waals surface area (Å²) in [6.45, 7) is 6.15. The van der Waals surface area contributed by atoms with E-state index < -0.39 is 11.6 Å². The molecule has 0 saturated carbocycles. The van der Waals surface area contributed by atoms with Crippen LogP contribution in [0.3, 0.4) is 0 Å². The molecule has 2 N–H and O–H groups in total. The van der Waals surface area contributed by atoms with Crippen LogP contribution in [-0.4, -0.2) is 41.0 Å². The van der Waals surface area contributed by atoms with Crippen LogP contribution in [0.2, 0.25) is 0 Å². The number of carbonyl (C=O) groups is 2. The van der Waals surface area contributed by atoms with E-state index in [1.807, 2.05) is 31.4 Å². The van der Waals surface area contributed by atoms with Crippen LogP contribution in [0.1, 0.15) is 38.5 Å². The number of thiophene rings is 1. The molecule has 1 aromatic rings. The van der Waals surface area contributed by atoms with Gasteiger partial charge in [-0.25, -0.2) is 0 Å². The van der Waals surface area contributed by atoms with Gasteiger partial charge < -0.3 is 15.3 Å². The average molecular weight is 324 g/mol. The average Bonchev–Trinajstić information content (AvgIpc) is 3.14. The van der Waals surface area contributed by atoms with Gasteiger partial charge in [-0.3, -0.25) is 9.59 Å². The number of aliphatic hydroxyl groups is 1. The SMILES string of the molecule is CC(C)C(=O)N1CCCC1C(=O)NCC(C)(O)c1cccs1. The predicted octanol–water partition coefficient (Wildman–Crippen LogP) is 1.72. The maximum Gasteiger partial charge on any atom is 0.242 e. The number of carbonyl (C=O) groups excluding carboxylic acids is 2. The molecule has 2 atom stereocenters. The van der Waals surface area contributed by atoms with Crippen LogP contribution < -0.4 is 5.32 Å². The molecule has 6 heteroatoms. The van der Waals surface area contributed by atoms with E-state index in [0.717, 1.165) is 11.3 Å². The van der Waals surface area contributed by atoms with Crippen LogP contribution in [0.4, 0.5) is 0 Å². The Bertz CT molecular complexity index is 526. The molecule has 122 valence electrons. The monoisotopic (exact) mass is 324 g/mol. The number of nitrogens with zero attached hydrogens (tertiary/aromatic N) is 1. The number of hydrogen-bond donors (Lipinski definition) is 2. The largest absolute Gasteiger partial charge is 0.383 e. The zero-order chi connectivity index (χ0) is 16.3. The third kappa shape index (κ3) is 3.67. The molecule has 1 aromatic heterocycles. The van der Waals surface area contributed by atoms with Gasteiger partial charge in [0.1, 0.15) is 11.6 Å². The first-order valence-corrected chi connectivity index (χ1v) is 8.55. The highest BCUT2D eigenvalue weighted by Gasteiger charge is 2.35. The van der Waals surface area contributed by atoms with Gasteiger partial charge in [0.05, 0.1) is 6.54 Å². The van der Waals surface area contributed by atoms with E-state index in [-0.39, 0.29) is 24.3 Å². The van der Waals surface area contributed by atoms with Crippen LogP contribution in [0.15, 0.2) is 17.5 Å². The van der Waals surface area contributed by atoms with Crippen molar-refractivity contribution in [3.63, 3.8) is 0 Å². The quantitative estimate of drug-likeness (QED) is 0.866. The van der Waals surface area contributed by atoms with Gasteiger partial charge in [-0.2, -0.15) is 0 Å². The minimum absolute atomic E-state index is 0.0164. The van der Waals surface area contributed by atoms with Gasteiger partial charge in [0, 0.05) is 17.3 Å². The van der Waals surface area contributed by atoms with Crippen molar-refractivity contribution in [2.45, 2.75) is 45.3 Å². The summed E-state index contributed by atoms with van der Waals surface area (Å²) >= 11 is 1.46. The van der Waals surface area contributed by atoms with Gasteiger partial charge >= 0.3 is 0 Å². The van der Waals surface area contributed by atoms with Crippen molar-refractivity contribution in [3.8, 4) is 0 Å². The van der Waals surface area contributed by atoms with Gasteiger partial charge in [0.15, 0.2) is 0 Å².